The average molecular weight is 392 g/mol. The summed E-state index contributed by atoms with van der Waals surface area (Å²) in [6, 6.07) is 20.7. The molecule has 0 heterocycles. The predicted octanol–water partition coefficient (Wildman–Crippen LogP) is 4.30. The van der Waals surface area contributed by atoms with Gasteiger partial charge in [0.2, 0.25) is 0 Å². The molecule has 0 aliphatic heterocycles. The topological polar surface area (TPSA) is 45.7 Å². The molecule has 0 saturated heterocycles. The molecule has 0 fully saturated rings. The SMILES string of the molecule is CCc1ccc([C@@H]([NH2+]CC(=O)Nc2c(C)cccc2C)c2cccc(F)c2)cc1. The molecule has 1 amide bonds. The van der Waals surface area contributed by atoms with E-state index in [4.69, 9.17) is 0 Å². The van der Waals surface area contributed by atoms with E-state index in [0.29, 0.717) is 0 Å². The van der Waals surface area contributed by atoms with Crippen LogP contribution in [0.3, 0.4) is 0 Å². The number of quaternary nitrogens is 1. The molecule has 0 bridgehead atoms. The van der Waals surface area contributed by atoms with Gasteiger partial charge in [0.1, 0.15) is 11.9 Å². The van der Waals surface area contributed by atoms with Crippen molar-refractivity contribution in [2.75, 3.05) is 11.9 Å². The lowest BCUT2D eigenvalue weighted by molar-refractivity contribution is -0.676. The average Bonchev–Trinajstić information content (AvgIpc) is 2.71. The highest BCUT2D eigenvalue weighted by molar-refractivity contribution is 5.92. The first-order chi connectivity index (χ1) is 14.0. The zero-order valence-corrected chi connectivity index (χ0v) is 17.2. The molecular formula is C25H28FN2O+. The van der Waals surface area contributed by atoms with E-state index in [2.05, 4.69) is 36.5 Å². The Morgan fingerprint density at radius 1 is 0.966 bits per heavy atom. The summed E-state index contributed by atoms with van der Waals surface area (Å²) in [5, 5.41) is 4.98. The summed E-state index contributed by atoms with van der Waals surface area (Å²) < 4.78 is 13.8. The number of para-hydroxylation sites is 1. The molecule has 3 rings (SSSR count). The van der Waals surface area contributed by atoms with E-state index in [1.54, 1.807) is 6.07 Å². The second kappa shape index (κ2) is 9.48. The number of carbonyl (C=O) groups excluding carboxylic acids is 1. The molecule has 0 aliphatic rings. The minimum atomic E-state index is -0.272. The van der Waals surface area contributed by atoms with Gasteiger partial charge in [-0.1, -0.05) is 61.5 Å². The molecular weight excluding hydrogens is 363 g/mol. The molecule has 0 spiro atoms. The first kappa shape index (κ1) is 20.7. The van der Waals surface area contributed by atoms with Gasteiger partial charge in [-0.2, -0.15) is 0 Å². The van der Waals surface area contributed by atoms with Gasteiger partial charge >= 0.3 is 0 Å². The maximum absolute atomic E-state index is 13.8. The van der Waals surface area contributed by atoms with Crippen LogP contribution in [0.5, 0.6) is 0 Å². The minimum Gasteiger partial charge on any atom is -0.328 e. The van der Waals surface area contributed by atoms with Gasteiger partial charge < -0.3 is 10.6 Å². The van der Waals surface area contributed by atoms with E-state index in [0.717, 1.165) is 34.4 Å². The number of amides is 1. The normalized spacial score (nSPS) is 11.9. The number of halogens is 1. The third-order valence-electron chi connectivity index (χ3n) is 5.24. The fourth-order valence-corrected chi connectivity index (χ4v) is 3.55. The van der Waals surface area contributed by atoms with Crippen LogP contribution >= 0.6 is 0 Å². The molecule has 150 valence electrons. The van der Waals surface area contributed by atoms with Crippen molar-refractivity contribution in [1.82, 2.24) is 0 Å². The van der Waals surface area contributed by atoms with Crippen LogP contribution in [0.2, 0.25) is 0 Å². The van der Waals surface area contributed by atoms with Gasteiger partial charge in [-0.15, -0.1) is 0 Å². The Bertz CT molecular complexity index is 962. The smallest absolute Gasteiger partial charge is 0.279 e. The number of nitrogens with one attached hydrogen (secondary N) is 1. The van der Waals surface area contributed by atoms with Gasteiger partial charge in [0.25, 0.3) is 5.91 Å². The minimum absolute atomic E-state index is 0.0750. The number of carbonyl (C=O) groups is 1. The highest BCUT2D eigenvalue weighted by Crippen LogP contribution is 2.21. The monoisotopic (exact) mass is 391 g/mol. The maximum atomic E-state index is 13.8. The van der Waals surface area contributed by atoms with E-state index >= 15 is 0 Å². The quantitative estimate of drug-likeness (QED) is 0.620. The summed E-state index contributed by atoms with van der Waals surface area (Å²) in [7, 11) is 0. The molecule has 0 aliphatic carbocycles. The van der Waals surface area contributed by atoms with Crippen molar-refractivity contribution in [3.8, 4) is 0 Å². The lowest BCUT2D eigenvalue weighted by atomic mass is 9.97. The van der Waals surface area contributed by atoms with Crippen LogP contribution in [-0.4, -0.2) is 12.5 Å². The molecule has 29 heavy (non-hydrogen) atoms. The lowest BCUT2D eigenvalue weighted by Crippen LogP contribution is -2.87. The predicted molar refractivity (Wildman–Crippen MR) is 115 cm³/mol. The van der Waals surface area contributed by atoms with E-state index in [9.17, 15) is 9.18 Å². The van der Waals surface area contributed by atoms with E-state index in [1.165, 1.54) is 17.7 Å². The molecule has 0 radical (unpaired) electrons. The zero-order chi connectivity index (χ0) is 20.8. The number of aryl methyl sites for hydroxylation is 3. The summed E-state index contributed by atoms with van der Waals surface area (Å²) >= 11 is 0. The number of anilines is 1. The lowest BCUT2D eigenvalue weighted by Gasteiger charge is -2.18. The van der Waals surface area contributed by atoms with Crippen molar-refractivity contribution in [2.24, 2.45) is 0 Å². The van der Waals surface area contributed by atoms with Gasteiger partial charge in [0, 0.05) is 16.8 Å². The fraction of sp³-hybridized carbons (Fsp3) is 0.240. The zero-order valence-electron chi connectivity index (χ0n) is 17.2. The second-order valence-electron chi connectivity index (χ2n) is 7.38. The standard InChI is InChI=1S/C25H27FN2O/c1-4-19-11-13-20(14-12-19)25(21-9-6-10-22(26)15-21)27-16-23(29)28-24-17(2)7-5-8-18(24)3/h5-15,25,27H,4,16H2,1-3H3,(H,28,29)/p+1/t25-/m1/s1. The summed E-state index contributed by atoms with van der Waals surface area (Å²) in [6.45, 7) is 6.32. The molecule has 3 N–H and O–H groups in total. The number of hydrogen-bond donors (Lipinski definition) is 2. The van der Waals surface area contributed by atoms with Gasteiger partial charge in [-0.3, -0.25) is 4.79 Å². The molecule has 3 nitrogen and oxygen atoms in total. The van der Waals surface area contributed by atoms with Crippen molar-refractivity contribution < 1.29 is 14.5 Å². The van der Waals surface area contributed by atoms with E-state index in [-0.39, 0.29) is 24.3 Å². The van der Waals surface area contributed by atoms with Crippen LogP contribution in [0.1, 0.15) is 40.8 Å². The molecule has 0 aromatic heterocycles. The highest BCUT2D eigenvalue weighted by atomic mass is 19.1. The van der Waals surface area contributed by atoms with E-state index < -0.39 is 0 Å². The molecule has 1 atom stereocenters. The third-order valence-corrected chi connectivity index (χ3v) is 5.24. The van der Waals surface area contributed by atoms with Crippen LogP contribution in [-0.2, 0) is 11.2 Å². The number of hydrogen-bond acceptors (Lipinski definition) is 1. The van der Waals surface area contributed by atoms with Gasteiger partial charge in [-0.05, 0) is 49.1 Å². The van der Waals surface area contributed by atoms with Gasteiger partial charge in [0.05, 0.1) is 0 Å². The highest BCUT2D eigenvalue weighted by Gasteiger charge is 2.20. The Morgan fingerprint density at radius 3 is 2.24 bits per heavy atom. The van der Waals surface area contributed by atoms with Crippen molar-refractivity contribution in [1.29, 1.82) is 0 Å². The number of benzene rings is 3. The third kappa shape index (κ3) is 5.30. The van der Waals surface area contributed by atoms with Crippen LogP contribution in [0.4, 0.5) is 10.1 Å². The van der Waals surface area contributed by atoms with Crippen LogP contribution in [0.25, 0.3) is 0 Å². The molecule has 3 aromatic carbocycles. The Labute approximate surface area is 172 Å². The van der Waals surface area contributed by atoms with Crippen molar-refractivity contribution >= 4 is 11.6 Å². The molecule has 4 heteroatoms. The molecule has 3 aromatic rings. The first-order valence-electron chi connectivity index (χ1n) is 10.0. The Balaban J connectivity index is 1.78. The van der Waals surface area contributed by atoms with Gasteiger partial charge in [0.15, 0.2) is 6.54 Å². The molecule has 0 saturated carbocycles. The van der Waals surface area contributed by atoms with Crippen molar-refractivity contribution in [2.45, 2.75) is 33.2 Å². The molecule has 0 unspecified atom stereocenters. The summed E-state index contributed by atoms with van der Waals surface area (Å²) in [6.07, 6.45) is 0.965. The van der Waals surface area contributed by atoms with Crippen molar-refractivity contribution in [3.63, 3.8) is 0 Å². The summed E-state index contributed by atoms with van der Waals surface area (Å²) in [5.74, 6) is -0.347. The Kier molecular flexibility index (Phi) is 6.78. The fourth-order valence-electron chi connectivity index (χ4n) is 3.55. The van der Waals surface area contributed by atoms with Crippen LogP contribution < -0.4 is 10.6 Å². The van der Waals surface area contributed by atoms with Crippen molar-refractivity contribution in [3.05, 3.63) is 100 Å². The second-order valence-corrected chi connectivity index (χ2v) is 7.38. The number of nitrogens with two attached hydrogens (primary N) is 1. The Morgan fingerprint density at radius 2 is 1.62 bits per heavy atom. The maximum Gasteiger partial charge on any atom is 0.279 e. The summed E-state index contributed by atoms with van der Waals surface area (Å²) in [4.78, 5) is 12.6. The largest absolute Gasteiger partial charge is 0.328 e. The van der Waals surface area contributed by atoms with Crippen LogP contribution in [0, 0.1) is 19.7 Å². The van der Waals surface area contributed by atoms with Crippen LogP contribution in [0.15, 0.2) is 66.7 Å². The first-order valence-corrected chi connectivity index (χ1v) is 10.0. The van der Waals surface area contributed by atoms with E-state index in [1.807, 2.05) is 43.4 Å². The van der Waals surface area contributed by atoms with Gasteiger partial charge in [-0.25, -0.2) is 4.39 Å². The Hall–Kier alpha value is -2.98. The summed E-state index contributed by atoms with van der Waals surface area (Å²) in [5.41, 5.74) is 6.08. The number of rotatable bonds is 7.